The van der Waals surface area contributed by atoms with Crippen LogP contribution in [0, 0.1) is 18.2 Å². The minimum Gasteiger partial charge on any atom is -0.322 e. The van der Waals surface area contributed by atoms with Crippen LogP contribution < -0.4 is 11.1 Å². The summed E-state index contributed by atoms with van der Waals surface area (Å²) in [6.45, 7) is 0. The molecule has 1 aromatic carbocycles. The van der Waals surface area contributed by atoms with Crippen molar-refractivity contribution in [2.45, 2.75) is 12.5 Å². The maximum Gasteiger partial charge on any atom is 0.242 e. The lowest BCUT2D eigenvalue weighted by Gasteiger charge is -2.10. The fourth-order valence-electron chi connectivity index (χ4n) is 1.04. The van der Waals surface area contributed by atoms with Crippen molar-refractivity contribution in [2.24, 2.45) is 5.73 Å². The molecule has 0 saturated carbocycles. The van der Waals surface area contributed by atoms with Gasteiger partial charge in [-0.2, -0.15) is 0 Å². The second-order valence-electron chi connectivity index (χ2n) is 3.13. The zero-order valence-electron chi connectivity index (χ0n) is 8.34. The Kier molecular flexibility index (Phi) is 4.47. The van der Waals surface area contributed by atoms with Gasteiger partial charge in [0, 0.05) is 10.9 Å². The van der Waals surface area contributed by atoms with Crippen molar-refractivity contribution >= 4 is 27.5 Å². The molecule has 0 saturated heterocycles. The van der Waals surface area contributed by atoms with Gasteiger partial charge in [-0.1, -0.05) is 15.9 Å². The zero-order valence-corrected chi connectivity index (χ0v) is 9.92. The Hall–Kier alpha value is -1.38. The van der Waals surface area contributed by atoms with E-state index in [9.17, 15) is 9.18 Å². The highest BCUT2D eigenvalue weighted by Gasteiger charge is 2.14. The first-order valence-electron chi connectivity index (χ1n) is 4.49. The Bertz CT molecular complexity index is 442. The van der Waals surface area contributed by atoms with Crippen molar-refractivity contribution in [3.05, 3.63) is 28.5 Å². The van der Waals surface area contributed by atoms with Gasteiger partial charge >= 0.3 is 0 Å². The van der Waals surface area contributed by atoms with Crippen LogP contribution in [0.5, 0.6) is 0 Å². The van der Waals surface area contributed by atoms with Gasteiger partial charge in [0.15, 0.2) is 0 Å². The van der Waals surface area contributed by atoms with Crippen LogP contribution in [-0.2, 0) is 4.79 Å². The quantitative estimate of drug-likeness (QED) is 0.833. The van der Waals surface area contributed by atoms with E-state index in [0.29, 0.717) is 4.47 Å². The summed E-state index contributed by atoms with van der Waals surface area (Å²) >= 11 is 3.11. The van der Waals surface area contributed by atoms with Crippen LogP contribution in [-0.4, -0.2) is 11.9 Å². The first-order valence-corrected chi connectivity index (χ1v) is 5.29. The summed E-state index contributed by atoms with van der Waals surface area (Å²) in [5.41, 5.74) is 5.55. The molecule has 0 spiro atoms. The Morgan fingerprint density at radius 2 is 2.38 bits per heavy atom. The number of rotatable bonds is 3. The number of terminal acetylenes is 1. The van der Waals surface area contributed by atoms with Gasteiger partial charge in [-0.3, -0.25) is 4.79 Å². The van der Waals surface area contributed by atoms with Crippen LogP contribution in [0.15, 0.2) is 22.7 Å². The van der Waals surface area contributed by atoms with Gasteiger partial charge in [0.05, 0.1) is 11.7 Å². The molecule has 16 heavy (non-hydrogen) atoms. The summed E-state index contributed by atoms with van der Waals surface area (Å²) in [6.07, 6.45) is 5.14. The molecule has 0 bridgehead atoms. The van der Waals surface area contributed by atoms with E-state index in [2.05, 4.69) is 27.2 Å². The Balaban J connectivity index is 2.74. The van der Waals surface area contributed by atoms with Crippen molar-refractivity contribution in [1.29, 1.82) is 0 Å². The van der Waals surface area contributed by atoms with E-state index in [1.54, 1.807) is 6.07 Å². The molecule has 0 aromatic heterocycles. The average molecular weight is 285 g/mol. The summed E-state index contributed by atoms with van der Waals surface area (Å²) in [7, 11) is 0. The number of anilines is 1. The van der Waals surface area contributed by atoms with Crippen LogP contribution in [0.4, 0.5) is 10.1 Å². The van der Waals surface area contributed by atoms with Crippen molar-refractivity contribution in [3.8, 4) is 12.3 Å². The molecule has 84 valence electrons. The van der Waals surface area contributed by atoms with Crippen LogP contribution >= 0.6 is 15.9 Å². The summed E-state index contributed by atoms with van der Waals surface area (Å²) in [5, 5.41) is 2.37. The minimum absolute atomic E-state index is 0.0840. The number of carbonyl (C=O) groups is 1. The van der Waals surface area contributed by atoms with Crippen molar-refractivity contribution in [2.75, 3.05) is 5.32 Å². The van der Waals surface area contributed by atoms with Gasteiger partial charge in [-0.05, 0) is 18.2 Å². The number of amides is 1. The summed E-state index contributed by atoms with van der Waals surface area (Å²) in [4.78, 5) is 11.4. The smallest absolute Gasteiger partial charge is 0.242 e. The number of hydrogen-bond acceptors (Lipinski definition) is 2. The second-order valence-corrected chi connectivity index (χ2v) is 4.04. The minimum atomic E-state index is -0.826. The van der Waals surface area contributed by atoms with Gasteiger partial charge < -0.3 is 11.1 Å². The molecule has 0 heterocycles. The van der Waals surface area contributed by atoms with Gasteiger partial charge in [0.1, 0.15) is 5.82 Å². The Morgan fingerprint density at radius 1 is 1.69 bits per heavy atom. The van der Waals surface area contributed by atoms with Crippen LogP contribution in [0.3, 0.4) is 0 Å². The zero-order chi connectivity index (χ0) is 12.1. The van der Waals surface area contributed by atoms with Gasteiger partial charge in [-0.15, -0.1) is 12.3 Å². The summed E-state index contributed by atoms with van der Waals surface area (Å²) in [5.74, 6) is 1.24. The molecule has 3 N–H and O–H groups in total. The molecule has 0 aliphatic carbocycles. The predicted octanol–water partition coefficient (Wildman–Crippen LogP) is 1.88. The average Bonchev–Trinajstić information content (AvgIpc) is 2.22. The molecule has 5 heteroatoms. The molecule has 3 nitrogen and oxygen atoms in total. The van der Waals surface area contributed by atoms with Crippen molar-refractivity contribution < 1.29 is 9.18 Å². The first kappa shape index (κ1) is 12.7. The lowest BCUT2D eigenvalue weighted by Crippen LogP contribution is -2.35. The Labute approximate surface area is 101 Å². The standard InChI is InChI=1S/C11H10BrFN2O/c1-2-3-9(14)11(16)15-10-5-4-7(12)6-8(10)13/h1,4-6,9H,3,14H2,(H,15,16). The fraction of sp³-hybridized carbons (Fsp3) is 0.182. The normalized spacial score (nSPS) is 11.6. The molecule has 0 radical (unpaired) electrons. The first-order chi connectivity index (χ1) is 7.54. The molecule has 1 amide bonds. The monoisotopic (exact) mass is 284 g/mol. The van der Waals surface area contributed by atoms with Gasteiger partial charge in [-0.25, -0.2) is 4.39 Å². The fourth-order valence-corrected chi connectivity index (χ4v) is 1.37. The van der Waals surface area contributed by atoms with E-state index < -0.39 is 17.8 Å². The van der Waals surface area contributed by atoms with Gasteiger partial charge in [0.2, 0.25) is 5.91 Å². The lowest BCUT2D eigenvalue weighted by atomic mass is 10.2. The van der Waals surface area contributed by atoms with E-state index in [1.165, 1.54) is 12.1 Å². The summed E-state index contributed by atoms with van der Waals surface area (Å²) < 4.78 is 13.9. The van der Waals surface area contributed by atoms with E-state index in [0.717, 1.165) is 0 Å². The lowest BCUT2D eigenvalue weighted by molar-refractivity contribution is -0.117. The third-order valence-corrected chi connectivity index (χ3v) is 2.36. The number of nitrogens with two attached hydrogens (primary N) is 1. The van der Waals surface area contributed by atoms with Crippen molar-refractivity contribution in [3.63, 3.8) is 0 Å². The van der Waals surface area contributed by atoms with E-state index >= 15 is 0 Å². The predicted molar refractivity (Wildman–Crippen MR) is 64.2 cm³/mol. The van der Waals surface area contributed by atoms with Crippen molar-refractivity contribution in [1.82, 2.24) is 0 Å². The highest BCUT2D eigenvalue weighted by molar-refractivity contribution is 9.10. The number of halogens is 2. The van der Waals surface area contributed by atoms with Gasteiger partial charge in [0.25, 0.3) is 0 Å². The SMILES string of the molecule is C#CCC(N)C(=O)Nc1ccc(Br)cc1F. The van der Waals surface area contributed by atoms with E-state index in [4.69, 9.17) is 12.2 Å². The molecule has 0 fully saturated rings. The molecule has 0 aliphatic rings. The third kappa shape index (κ3) is 3.33. The molecule has 0 aliphatic heterocycles. The molecule has 1 aromatic rings. The highest BCUT2D eigenvalue weighted by atomic mass is 79.9. The third-order valence-electron chi connectivity index (χ3n) is 1.86. The van der Waals surface area contributed by atoms with Crippen LogP contribution in [0.2, 0.25) is 0 Å². The molecule has 1 unspecified atom stereocenters. The largest absolute Gasteiger partial charge is 0.322 e. The second kappa shape index (κ2) is 5.64. The van der Waals surface area contributed by atoms with E-state index in [-0.39, 0.29) is 12.1 Å². The number of hydrogen-bond donors (Lipinski definition) is 2. The number of nitrogens with one attached hydrogen (secondary N) is 1. The van der Waals surface area contributed by atoms with E-state index in [1.807, 2.05) is 0 Å². The van der Waals surface area contributed by atoms with Crippen LogP contribution in [0.1, 0.15) is 6.42 Å². The number of benzene rings is 1. The topological polar surface area (TPSA) is 55.1 Å². The Morgan fingerprint density at radius 3 is 2.94 bits per heavy atom. The maximum atomic E-state index is 13.3. The molecule has 1 rings (SSSR count). The highest BCUT2D eigenvalue weighted by Crippen LogP contribution is 2.19. The summed E-state index contributed by atoms with van der Waals surface area (Å²) in [6, 6.07) is 3.49. The molecular weight excluding hydrogens is 275 g/mol. The maximum absolute atomic E-state index is 13.3. The number of carbonyl (C=O) groups excluding carboxylic acids is 1. The molecular formula is C11H10BrFN2O. The van der Waals surface area contributed by atoms with Crippen LogP contribution in [0.25, 0.3) is 0 Å². The molecule has 1 atom stereocenters.